The van der Waals surface area contributed by atoms with Gasteiger partial charge in [-0.3, -0.25) is 9.69 Å². The van der Waals surface area contributed by atoms with Crippen LogP contribution in [0.4, 0.5) is 5.69 Å². The zero-order valence-corrected chi connectivity index (χ0v) is 17.7. The average molecular weight is 392 g/mol. The van der Waals surface area contributed by atoms with E-state index in [0.29, 0.717) is 18.0 Å². The van der Waals surface area contributed by atoms with E-state index in [1.807, 2.05) is 56.1 Å². The van der Waals surface area contributed by atoms with E-state index >= 15 is 0 Å². The summed E-state index contributed by atoms with van der Waals surface area (Å²) in [5.41, 5.74) is 2.91. The number of nitrogens with one attached hydrogen (secondary N) is 1. The number of benzene rings is 3. The molecule has 0 aliphatic rings. The van der Waals surface area contributed by atoms with Gasteiger partial charge in [0, 0.05) is 6.54 Å². The molecule has 1 N–H and O–H groups in total. The van der Waals surface area contributed by atoms with Crippen LogP contribution in [-0.2, 0) is 11.3 Å². The van der Waals surface area contributed by atoms with E-state index in [0.717, 1.165) is 27.6 Å². The lowest BCUT2D eigenvalue weighted by Gasteiger charge is -2.24. The topological polar surface area (TPSA) is 50.8 Å². The highest BCUT2D eigenvalue weighted by atomic mass is 16.5. The number of rotatable bonds is 7. The fourth-order valence-corrected chi connectivity index (χ4v) is 3.28. The highest BCUT2D eigenvalue weighted by molar-refractivity contribution is 5.96. The first kappa shape index (κ1) is 20.7. The first-order valence-electron chi connectivity index (χ1n) is 9.63. The second-order valence-electron chi connectivity index (χ2n) is 7.33. The van der Waals surface area contributed by atoms with Gasteiger partial charge in [-0.2, -0.15) is 0 Å². The Morgan fingerprint density at radius 1 is 1.00 bits per heavy atom. The maximum Gasteiger partial charge on any atom is 0.241 e. The van der Waals surface area contributed by atoms with Crippen LogP contribution < -0.4 is 14.8 Å². The second-order valence-corrected chi connectivity index (χ2v) is 7.33. The predicted molar refractivity (Wildman–Crippen MR) is 118 cm³/mol. The van der Waals surface area contributed by atoms with Crippen LogP contribution >= 0.6 is 0 Å². The van der Waals surface area contributed by atoms with Crippen LogP contribution in [0.3, 0.4) is 0 Å². The van der Waals surface area contributed by atoms with Gasteiger partial charge in [-0.25, -0.2) is 0 Å². The lowest BCUT2D eigenvalue weighted by Crippen LogP contribution is -2.39. The monoisotopic (exact) mass is 392 g/mol. The van der Waals surface area contributed by atoms with E-state index in [9.17, 15) is 4.79 Å². The smallest absolute Gasteiger partial charge is 0.241 e. The van der Waals surface area contributed by atoms with Gasteiger partial charge in [-0.05, 0) is 73.1 Å². The van der Waals surface area contributed by atoms with Crippen molar-refractivity contribution in [3.63, 3.8) is 0 Å². The molecule has 0 aliphatic heterocycles. The fourth-order valence-electron chi connectivity index (χ4n) is 3.28. The molecule has 0 aliphatic carbocycles. The van der Waals surface area contributed by atoms with Crippen LogP contribution in [0, 0.1) is 6.92 Å². The minimum Gasteiger partial charge on any atom is -0.497 e. The van der Waals surface area contributed by atoms with E-state index in [1.165, 1.54) is 0 Å². The number of carbonyl (C=O) groups is 1. The van der Waals surface area contributed by atoms with Crippen LogP contribution in [0.1, 0.15) is 18.1 Å². The molecule has 0 heterocycles. The Bertz CT molecular complexity index is 1020. The van der Waals surface area contributed by atoms with Crippen LogP contribution in [-0.4, -0.2) is 38.1 Å². The summed E-state index contributed by atoms with van der Waals surface area (Å²) in [5.74, 6) is 1.44. The molecular formula is C24H28N2O3. The molecule has 0 saturated carbocycles. The third-order valence-electron chi connectivity index (χ3n) is 5.20. The Labute approximate surface area is 172 Å². The quantitative estimate of drug-likeness (QED) is 0.637. The first-order chi connectivity index (χ1) is 13.9. The minimum atomic E-state index is -0.299. The standard InChI is InChI=1S/C24H28N2O3/c1-16-6-11-23(29-5)22(12-16)25-24(27)17(2)26(3)15-18-7-8-20-14-21(28-4)10-9-19(20)13-18/h6-14,17H,15H2,1-5H3,(H,25,27). The summed E-state index contributed by atoms with van der Waals surface area (Å²) in [4.78, 5) is 14.8. The molecule has 0 fully saturated rings. The normalized spacial score (nSPS) is 12.1. The predicted octanol–water partition coefficient (Wildman–Crippen LogP) is 4.62. The molecule has 0 aromatic heterocycles. The SMILES string of the molecule is COc1ccc2cc(CN(C)C(C)C(=O)Nc3cc(C)ccc3OC)ccc2c1. The molecule has 0 radical (unpaired) electrons. The molecule has 29 heavy (non-hydrogen) atoms. The van der Waals surface area contributed by atoms with Gasteiger partial charge >= 0.3 is 0 Å². The van der Waals surface area contributed by atoms with Crippen molar-refractivity contribution >= 4 is 22.4 Å². The van der Waals surface area contributed by atoms with E-state index in [1.54, 1.807) is 14.2 Å². The van der Waals surface area contributed by atoms with Crippen LogP contribution in [0.15, 0.2) is 54.6 Å². The summed E-state index contributed by atoms with van der Waals surface area (Å²) in [6, 6.07) is 17.8. The fraction of sp³-hybridized carbons (Fsp3) is 0.292. The van der Waals surface area contributed by atoms with E-state index in [4.69, 9.17) is 9.47 Å². The largest absolute Gasteiger partial charge is 0.497 e. The van der Waals surface area contributed by atoms with Crippen LogP contribution in [0.2, 0.25) is 0 Å². The van der Waals surface area contributed by atoms with E-state index < -0.39 is 0 Å². The third kappa shape index (κ3) is 4.87. The number of anilines is 1. The number of fused-ring (bicyclic) bond motifs is 1. The number of hydrogen-bond acceptors (Lipinski definition) is 4. The zero-order chi connectivity index (χ0) is 21.0. The molecule has 3 aromatic carbocycles. The molecular weight excluding hydrogens is 364 g/mol. The molecule has 3 rings (SSSR count). The van der Waals surface area contributed by atoms with E-state index in [-0.39, 0.29) is 11.9 Å². The van der Waals surface area contributed by atoms with Crippen LogP contribution in [0.25, 0.3) is 10.8 Å². The molecule has 3 aromatic rings. The van der Waals surface area contributed by atoms with Gasteiger partial charge in [0.25, 0.3) is 0 Å². The van der Waals surface area contributed by atoms with Gasteiger partial charge in [0.1, 0.15) is 11.5 Å². The maximum absolute atomic E-state index is 12.8. The maximum atomic E-state index is 12.8. The molecule has 0 spiro atoms. The van der Waals surface area contributed by atoms with Crippen molar-refractivity contribution in [3.8, 4) is 11.5 Å². The average Bonchev–Trinajstić information content (AvgIpc) is 2.72. The molecule has 1 amide bonds. The molecule has 0 saturated heterocycles. The van der Waals surface area contributed by atoms with Crippen LogP contribution in [0.5, 0.6) is 11.5 Å². The summed E-state index contributed by atoms with van der Waals surface area (Å²) < 4.78 is 10.6. The van der Waals surface area contributed by atoms with Crippen molar-refractivity contribution in [1.82, 2.24) is 4.90 Å². The molecule has 1 unspecified atom stereocenters. The number of nitrogens with zero attached hydrogens (tertiary/aromatic N) is 1. The number of methoxy groups -OCH3 is 2. The first-order valence-corrected chi connectivity index (χ1v) is 9.63. The second kappa shape index (κ2) is 8.97. The van der Waals surface area contributed by atoms with Crippen molar-refractivity contribution < 1.29 is 14.3 Å². The Hall–Kier alpha value is -3.05. The van der Waals surface area contributed by atoms with Gasteiger partial charge in [0.2, 0.25) is 5.91 Å². The number of carbonyl (C=O) groups excluding carboxylic acids is 1. The molecule has 5 heteroatoms. The lowest BCUT2D eigenvalue weighted by molar-refractivity contribution is -0.120. The summed E-state index contributed by atoms with van der Waals surface area (Å²) in [5, 5.41) is 5.28. The Morgan fingerprint density at radius 3 is 2.45 bits per heavy atom. The summed E-state index contributed by atoms with van der Waals surface area (Å²) >= 11 is 0. The molecule has 152 valence electrons. The van der Waals surface area contributed by atoms with Crippen molar-refractivity contribution in [3.05, 3.63) is 65.7 Å². The van der Waals surface area contributed by atoms with Crippen molar-refractivity contribution in [2.45, 2.75) is 26.4 Å². The summed E-state index contributed by atoms with van der Waals surface area (Å²) in [7, 11) is 5.23. The Morgan fingerprint density at radius 2 is 1.72 bits per heavy atom. The zero-order valence-electron chi connectivity index (χ0n) is 17.7. The highest BCUT2D eigenvalue weighted by Gasteiger charge is 2.19. The number of ether oxygens (including phenoxy) is 2. The van der Waals surface area contributed by atoms with Crippen molar-refractivity contribution in [2.24, 2.45) is 0 Å². The van der Waals surface area contributed by atoms with E-state index in [2.05, 4.69) is 29.6 Å². The lowest BCUT2D eigenvalue weighted by atomic mass is 10.1. The highest BCUT2D eigenvalue weighted by Crippen LogP contribution is 2.26. The van der Waals surface area contributed by atoms with Crippen molar-refractivity contribution in [2.75, 3.05) is 26.6 Å². The molecule has 1 atom stereocenters. The Kier molecular flexibility index (Phi) is 6.39. The van der Waals surface area contributed by atoms with Gasteiger partial charge in [-0.1, -0.05) is 24.3 Å². The summed E-state index contributed by atoms with van der Waals surface area (Å²) in [6.07, 6.45) is 0. The van der Waals surface area contributed by atoms with Gasteiger partial charge in [0.05, 0.1) is 25.9 Å². The molecule has 5 nitrogen and oxygen atoms in total. The number of hydrogen-bond donors (Lipinski definition) is 1. The number of aryl methyl sites for hydroxylation is 1. The third-order valence-corrected chi connectivity index (χ3v) is 5.20. The van der Waals surface area contributed by atoms with Gasteiger partial charge in [0.15, 0.2) is 0 Å². The van der Waals surface area contributed by atoms with Gasteiger partial charge < -0.3 is 14.8 Å². The minimum absolute atomic E-state index is 0.0677. The van der Waals surface area contributed by atoms with Gasteiger partial charge in [-0.15, -0.1) is 0 Å². The number of likely N-dealkylation sites (N-methyl/N-ethyl adjacent to an activating group) is 1. The Balaban J connectivity index is 1.70. The molecule has 0 bridgehead atoms. The number of amides is 1. The van der Waals surface area contributed by atoms with Crippen molar-refractivity contribution in [1.29, 1.82) is 0 Å². The summed E-state index contributed by atoms with van der Waals surface area (Å²) in [6.45, 7) is 4.56.